The molecule has 0 bridgehead atoms. The number of rotatable bonds is 7. The van der Waals surface area contributed by atoms with Gasteiger partial charge in [-0.2, -0.15) is 0 Å². The fraction of sp³-hybridized carbons (Fsp3) is 0.261. The third kappa shape index (κ3) is 4.77. The molecule has 3 nitrogen and oxygen atoms in total. The van der Waals surface area contributed by atoms with Crippen molar-refractivity contribution >= 4 is 17.2 Å². The maximum atomic E-state index is 13.1. The van der Waals surface area contributed by atoms with E-state index in [9.17, 15) is 4.79 Å². The average Bonchev–Trinajstić information content (AvgIpc) is 3.17. The van der Waals surface area contributed by atoms with Gasteiger partial charge in [-0.25, -0.2) is 0 Å². The van der Waals surface area contributed by atoms with Crippen molar-refractivity contribution in [1.29, 1.82) is 0 Å². The summed E-state index contributed by atoms with van der Waals surface area (Å²) >= 11 is 1.54. The molecule has 2 aromatic carbocycles. The molecule has 1 amide bonds. The van der Waals surface area contributed by atoms with E-state index in [1.54, 1.807) is 0 Å². The molecule has 3 rings (SSSR count). The Morgan fingerprint density at radius 3 is 2.33 bits per heavy atom. The van der Waals surface area contributed by atoms with Gasteiger partial charge in [0.05, 0.1) is 11.5 Å². The van der Waals surface area contributed by atoms with Crippen LogP contribution in [0.3, 0.4) is 0 Å². The highest BCUT2D eigenvalue weighted by atomic mass is 32.1. The van der Waals surface area contributed by atoms with Gasteiger partial charge in [0.2, 0.25) is 0 Å². The van der Waals surface area contributed by atoms with Gasteiger partial charge in [-0.1, -0.05) is 30.3 Å². The van der Waals surface area contributed by atoms with Crippen molar-refractivity contribution in [3.63, 3.8) is 0 Å². The van der Waals surface area contributed by atoms with Gasteiger partial charge in [-0.3, -0.25) is 4.79 Å². The lowest BCUT2D eigenvalue weighted by Crippen LogP contribution is -2.35. The second-order valence-corrected chi connectivity index (χ2v) is 7.72. The second-order valence-electron chi connectivity index (χ2n) is 6.63. The Bertz CT molecular complexity index is 869. The van der Waals surface area contributed by atoms with E-state index in [1.807, 2.05) is 66.4 Å². The van der Waals surface area contributed by atoms with Crippen LogP contribution in [-0.2, 0) is 6.54 Å². The summed E-state index contributed by atoms with van der Waals surface area (Å²) in [5, 5.41) is 0. The number of ether oxygens (including phenoxy) is 1. The minimum Gasteiger partial charge on any atom is -0.494 e. The van der Waals surface area contributed by atoms with Crippen molar-refractivity contribution in [2.45, 2.75) is 33.4 Å². The van der Waals surface area contributed by atoms with E-state index in [1.165, 1.54) is 11.3 Å². The Hall–Kier alpha value is -2.59. The summed E-state index contributed by atoms with van der Waals surface area (Å²) in [5.41, 5.74) is 2.24. The number of carbonyl (C=O) groups excluding carboxylic acids is 1. The zero-order valence-corrected chi connectivity index (χ0v) is 16.8. The molecule has 0 radical (unpaired) electrons. The van der Waals surface area contributed by atoms with Gasteiger partial charge in [0.15, 0.2) is 0 Å². The predicted molar refractivity (Wildman–Crippen MR) is 112 cm³/mol. The maximum absolute atomic E-state index is 13.1. The minimum atomic E-state index is 0.0797. The molecule has 0 fully saturated rings. The number of benzene rings is 2. The molecule has 0 atom stereocenters. The van der Waals surface area contributed by atoms with Crippen LogP contribution in [0.5, 0.6) is 5.75 Å². The number of thiophene rings is 1. The molecule has 0 N–H and O–H groups in total. The lowest BCUT2D eigenvalue weighted by Gasteiger charge is -2.26. The first kappa shape index (κ1) is 19.2. The molecule has 0 aliphatic rings. The van der Waals surface area contributed by atoms with Gasteiger partial charge in [-0.15, -0.1) is 11.3 Å². The third-order valence-corrected chi connectivity index (χ3v) is 5.47. The molecule has 3 aromatic rings. The summed E-state index contributed by atoms with van der Waals surface area (Å²) in [4.78, 5) is 16.9. The van der Waals surface area contributed by atoms with Crippen LogP contribution in [0.2, 0.25) is 0 Å². The molecule has 1 heterocycles. The number of hydrogen-bond acceptors (Lipinski definition) is 3. The summed E-state index contributed by atoms with van der Waals surface area (Å²) in [6.07, 6.45) is 0. The fourth-order valence-electron chi connectivity index (χ4n) is 2.90. The largest absolute Gasteiger partial charge is 0.494 e. The van der Waals surface area contributed by atoms with E-state index in [0.29, 0.717) is 13.2 Å². The third-order valence-electron chi connectivity index (χ3n) is 4.35. The predicted octanol–water partition coefficient (Wildman–Crippen LogP) is 5.86. The standard InChI is InChI=1S/C23H25NO2S/c1-4-26-20-12-10-19(11-13-20)21-14-15-22(27-21)23(25)24(17(2)3)16-18-8-6-5-7-9-18/h5-15,17H,4,16H2,1-3H3. The second kappa shape index (κ2) is 8.87. The summed E-state index contributed by atoms with van der Waals surface area (Å²) in [7, 11) is 0. The number of nitrogens with zero attached hydrogens (tertiary/aromatic N) is 1. The van der Waals surface area contributed by atoms with Crippen LogP contribution in [0, 0.1) is 0 Å². The molecule has 4 heteroatoms. The molecule has 27 heavy (non-hydrogen) atoms. The van der Waals surface area contributed by atoms with E-state index in [4.69, 9.17) is 4.74 Å². The number of hydrogen-bond donors (Lipinski definition) is 0. The normalized spacial score (nSPS) is 10.8. The lowest BCUT2D eigenvalue weighted by molar-refractivity contribution is 0.0695. The highest BCUT2D eigenvalue weighted by Crippen LogP contribution is 2.30. The van der Waals surface area contributed by atoms with Crippen LogP contribution in [0.4, 0.5) is 0 Å². The van der Waals surface area contributed by atoms with Crippen LogP contribution in [-0.4, -0.2) is 23.5 Å². The first-order valence-corrected chi connectivity index (χ1v) is 10.1. The zero-order valence-electron chi connectivity index (χ0n) is 16.0. The van der Waals surface area contributed by atoms with Gasteiger partial charge >= 0.3 is 0 Å². The lowest BCUT2D eigenvalue weighted by atomic mass is 10.1. The molecule has 0 aliphatic heterocycles. The number of carbonyl (C=O) groups is 1. The van der Waals surface area contributed by atoms with Gasteiger partial charge < -0.3 is 9.64 Å². The van der Waals surface area contributed by atoms with Crippen molar-refractivity contribution in [3.05, 3.63) is 77.2 Å². The van der Waals surface area contributed by atoms with Crippen molar-refractivity contribution in [1.82, 2.24) is 4.90 Å². The van der Waals surface area contributed by atoms with Gasteiger partial charge in [0.25, 0.3) is 5.91 Å². The van der Waals surface area contributed by atoms with Crippen LogP contribution in [0.25, 0.3) is 10.4 Å². The Kier molecular flexibility index (Phi) is 6.30. The van der Waals surface area contributed by atoms with E-state index in [0.717, 1.165) is 26.6 Å². The summed E-state index contributed by atoms with van der Waals surface area (Å²) in [5.74, 6) is 0.944. The Morgan fingerprint density at radius 1 is 1.00 bits per heavy atom. The highest BCUT2D eigenvalue weighted by Gasteiger charge is 2.21. The summed E-state index contributed by atoms with van der Waals surface area (Å²) in [6, 6.07) is 22.2. The first-order chi connectivity index (χ1) is 13.1. The molecule has 1 aromatic heterocycles. The molecule has 0 saturated carbocycles. The van der Waals surface area contributed by atoms with Crippen LogP contribution >= 0.6 is 11.3 Å². The summed E-state index contributed by atoms with van der Waals surface area (Å²) < 4.78 is 5.50. The smallest absolute Gasteiger partial charge is 0.264 e. The van der Waals surface area contributed by atoms with Gasteiger partial charge in [0, 0.05) is 17.5 Å². The summed E-state index contributed by atoms with van der Waals surface area (Å²) in [6.45, 7) is 7.36. The minimum absolute atomic E-state index is 0.0797. The first-order valence-electron chi connectivity index (χ1n) is 9.26. The van der Waals surface area contributed by atoms with Crippen molar-refractivity contribution in [2.75, 3.05) is 6.61 Å². The Morgan fingerprint density at radius 2 is 1.70 bits per heavy atom. The molecule has 140 valence electrons. The van der Waals surface area contributed by atoms with Crippen LogP contribution in [0.1, 0.15) is 36.0 Å². The quantitative estimate of drug-likeness (QED) is 0.514. The molecular formula is C23H25NO2S. The SMILES string of the molecule is CCOc1ccc(-c2ccc(C(=O)N(Cc3ccccc3)C(C)C)s2)cc1. The van der Waals surface area contributed by atoms with E-state index in [2.05, 4.69) is 26.0 Å². The van der Waals surface area contributed by atoms with Gasteiger partial charge in [-0.05, 0) is 68.3 Å². The Balaban J connectivity index is 1.78. The van der Waals surface area contributed by atoms with E-state index >= 15 is 0 Å². The Labute approximate surface area is 165 Å². The highest BCUT2D eigenvalue weighted by molar-refractivity contribution is 7.17. The zero-order chi connectivity index (χ0) is 19.2. The van der Waals surface area contributed by atoms with Crippen molar-refractivity contribution in [3.8, 4) is 16.2 Å². The average molecular weight is 380 g/mol. The van der Waals surface area contributed by atoms with Crippen LogP contribution < -0.4 is 4.74 Å². The van der Waals surface area contributed by atoms with Crippen molar-refractivity contribution < 1.29 is 9.53 Å². The maximum Gasteiger partial charge on any atom is 0.264 e. The molecule has 0 aliphatic carbocycles. The van der Waals surface area contributed by atoms with Crippen molar-refractivity contribution in [2.24, 2.45) is 0 Å². The monoisotopic (exact) mass is 379 g/mol. The van der Waals surface area contributed by atoms with E-state index in [-0.39, 0.29) is 11.9 Å². The molecule has 0 unspecified atom stereocenters. The van der Waals surface area contributed by atoms with E-state index < -0.39 is 0 Å². The molecule has 0 spiro atoms. The van der Waals surface area contributed by atoms with Gasteiger partial charge in [0.1, 0.15) is 5.75 Å². The molecule has 0 saturated heterocycles. The molecular weight excluding hydrogens is 354 g/mol. The fourth-order valence-corrected chi connectivity index (χ4v) is 3.87. The van der Waals surface area contributed by atoms with Crippen LogP contribution in [0.15, 0.2) is 66.7 Å². The topological polar surface area (TPSA) is 29.5 Å². The number of amides is 1.